The Morgan fingerprint density at radius 1 is 1.31 bits per heavy atom. The molecule has 26 heavy (non-hydrogen) atoms. The van der Waals surface area contributed by atoms with Crippen LogP contribution in [0.3, 0.4) is 0 Å². The van der Waals surface area contributed by atoms with Crippen LogP contribution in [0.5, 0.6) is 11.5 Å². The van der Waals surface area contributed by atoms with Crippen LogP contribution in [0.1, 0.15) is 38.7 Å². The van der Waals surface area contributed by atoms with E-state index in [-0.39, 0.29) is 18.2 Å². The van der Waals surface area contributed by atoms with Gasteiger partial charge in [0.1, 0.15) is 17.1 Å². The van der Waals surface area contributed by atoms with E-state index in [2.05, 4.69) is 5.32 Å². The lowest BCUT2D eigenvalue weighted by Crippen LogP contribution is -2.51. The Bertz CT molecular complexity index is 686. The van der Waals surface area contributed by atoms with Gasteiger partial charge in [-0.05, 0) is 51.2 Å². The number of amides is 2. The zero-order valence-electron chi connectivity index (χ0n) is 15.8. The number of hydrogen-bond donors (Lipinski definition) is 1. The van der Waals surface area contributed by atoms with E-state index in [0.717, 1.165) is 30.1 Å². The Hall–Kier alpha value is -1.95. The first-order valence-corrected chi connectivity index (χ1v) is 9.48. The zero-order valence-corrected chi connectivity index (χ0v) is 15.8. The molecule has 0 radical (unpaired) electrons. The van der Waals surface area contributed by atoms with Gasteiger partial charge in [0.15, 0.2) is 0 Å². The number of hydrogen-bond acceptors (Lipinski definition) is 4. The lowest BCUT2D eigenvalue weighted by molar-refractivity contribution is 0.0712. The molecule has 0 bridgehead atoms. The van der Waals surface area contributed by atoms with Crippen molar-refractivity contribution in [2.24, 2.45) is 5.92 Å². The summed E-state index contributed by atoms with van der Waals surface area (Å²) in [5, 5.41) is 3.22. The Balaban J connectivity index is 1.50. The number of ether oxygens (including phenoxy) is 3. The molecule has 0 spiro atoms. The second-order valence-electron chi connectivity index (χ2n) is 8.21. The van der Waals surface area contributed by atoms with Gasteiger partial charge < -0.3 is 24.4 Å². The van der Waals surface area contributed by atoms with Gasteiger partial charge in [-0.1, -0.05) is 0 Å². The first-order chi connectivity index (χ1) is 12.4. The topological polar surface area (TPSA) is 60.0 Å². The fourth-order valence-electron chi connectivity index (χ4n) is 3.99. The number of fused-ring (bicyclic) bond motifs is 1. The highest BCUT2D eigenvalue weighted by molar-refractivity contribution is 5.75. The lowest BCUT2D eigenvalue weighted by Gasteiger charge is -2.31. The van der Waals surface area contributed by atoms with Crippen LogP contribution in [0.15, 0.2) is 18.2 Å². The summed E-state index contributed by atoms with van der Waals surface area (Å²) in [6.45, 7) is 5.80. The molecule has 6 nitrogen and oxygen atoms in total. The van der Waals surface area contributed by atoms with Gasteiger partial charge >= 0.3 is 6.03 Å². The minimum atomic E-state index is -0.475. The van der Waals surface area contributed by atoms with Crippen molar-refractivity contribution in [1.82, 2.24) is 10.2 Å². The van der Waals surface area contributed by atoms with E-state index in [0.29, 0.717) is 19.0 Å². The molecule has 2 aliphatic heterocycles. The number of rotatable bonds is 3. The number of carbonyl (C=O) groups is 1. The molecule has 1 aromatic carbocycles. The smallest absolute Gasteiger partial charge is 0.318 e. The summed E-state index contributed by atoms with van der Waals surface area (Å²) in [7, 11) is 1.64. The molecule has 1 aliphatic carbocycles. The summed E-state index contributed by atoms with van der Waals surface area (Å²) >= 11 is 0. The van der Waals surface area contributed by atoms with E-state index in [1.54, 1.807) is 7.11 Å². The highest BCUT2D eigenvalue weighted by Gasteiger charge is 2.42. The number of methoxy groups -OCH3 is 1. The van der Waals surface area contributed by atoms with Crippen LogP contribution in [0.25, 0.3) is 0 Å². The van der Waals surface area contributed by atoms with Crippen LogP contribution >= 0.6 is 0 Å². The van der Waals surface area contributed by atoms with Gasteiger partial charge in [-0.3, -0.25) is 0 Å². The second kappa shape index (κ2) is 6.65. The van der Waals surface area contributed by atoms with Gasteiger partial charge in [0, 0.05) is 18.2 Å². The Morgan fingerprint density at radius 3 is 2.85 bits per heavy atom. The van der Waals surface area contributed by atoms with E-state index in [1.165, 1.54) is 12.8 Å². The molecule has 6 heteroatoms. The van der Waals surface area contributed by atoms with Crippen LogP contribution in [0.4, 0.5) is 4.79 Å². The van der Waals surface area contributed by atoms with Gasteiger partial charge in [0.05, 0.1) is 32.3 Å². The van der Waals surface area contributed by atoms with Gasteiger partial charge in [-0.15, -0.1) is 0 Å². The molecule has 1 aromatic rings. The third kappa shape index (κ3) is 3.61. The van der Waals surface area contributed by atoms with Crippen molar-refractivity contribution in [3.8, 4) is 11.5 Å². The van der Waals surface area contributed by atoms with Crippen LogP contribution in [0, 0.1) is 5.92 Å². The monoisotopic (exact) mass is 360 g/mol. The highest BCUT2D eigenvalue weighted by atomic mass is 16.5. The Morgan fingerprint density at radius 2 is 2.12 bits per heavy atom. The van der Waals surface area contributed by atoms with Gasteiger partial charge in [-0.25, -0.2) is 4.79 Å². The molecule has 142 valence electrons. The maximum absolute atomic E-state index is 13.0. The maximum Gasteiger partial charge on any atom is 0.318 e. The molecule has 2 amide bonds. The molecule has 0 aromatic heterocycles. The molecule has 0 unspecified atom stereocenters. The SMILES string of the molecule is COc1ccc2c(c1)OC(C)(C)CN(C(=O)N[C@@H]1CCO[C@H]1C1CC1)C2. The average molecular weight is 360 g/mol. The quantitative estimate of drug-likeness (QED) is 0.900. The number of nitrogens with zero attached hydrogens (tertiary/aromatic N) is 1. The van der Waals surface area contributed by atoms with E-state index >= 15 is 0 Å². The third-order valence-electron chi connectivity index (χ3n) is 5.41. The third-order valence-corrected chi connectivity index (χ3v) is 5.41. The minimum Gasteiger partial charge on any atom is -0.497 e. The van der Waals surface area contributed by atoms with E-state index in [9.17, 15) is 4.79 Å². The van der Waals surface area contributed by atoms with Gasteiger partial charge in [-0.2, -0.15) is 0 Å². The Kier molecular flexibility index (Phi) is 4.47. The molecule has 3 aliphatic rings. The van der Waals surface area contributed by atoms with Crippen molar-refractivity contribution < 1.29 is 19.0 Å². The largest absolute Gasteiger partial charge is 0.497 e. The Labute approximate surface area is 154 Å². The van der Waals surface area contributed by atoms with Crippen molar-refractivity contribution in [2.75, 3.05) is 20.3 Å². The molecule has 2 heterocycles. The normalized spacial score (nSPS) is 27.3. The molecule has 2 atom stereocenters. The van der Waals surface area contributed by atoms with Crippen LogP contribution in [0.2, 0.25) is 0 Å². The predicted molar refractivity (Wildman–Crippen MR) is 97.5 cm³/mol. The van der Waals surface area contributed by atoms with Crippen molar-refractivity contribution in [2.45, 2.75) is 57.4 Å². The standard InChI is InChI=1S/C20H28N2O4/c1-20(2)12-22(11-14-6-7-15(24-3)10-17(14)26-20)19(23)21-16-8-9-25-18(16)13-4-5-13/h6-7,10,13,16,18H,4-5,8-9,11-12H2,1-3H3,(H,21,23)/t16-,18+/m1/s1. The fraction of sp³-hybridized carbons (Fsp3) is 0.650. The fourth-order valence-corrected chi connectivity index (χ4v) is 3.99. The van der Waals surface area contributed by atoms with Crippen LogP contribution < -0.4 is 14.8 Å². The summed E-state index contributed by atoms with van der Waals surface area (Å²) in [4.78, 5) is 14.8. The molecule has 1 saturated carbocycles. The zero-order chi connectivity index (χ0) is 18.3. The molecule has 1 saturated heterocycles. The first kappa shape index (κ1) is 17.5. The van der Waals surface area contributed by atoms with Gasteiger partial charge in [0.25, 0.3) is 0 Å². The number of urea groups is 1. The van der Waals surface area contributed by atoms with Crippen molar-refractivity contribution in [1.29, 1.82) is 0 Å². The van der Waals surface area contributed by atoms with Crippen molar-refractivity contribution >= 4 is 6.03 Å². The molecular formula is C20H28N2O4. The summed E-state index contributed by atoms with van der Waals surface area (Å²) in [5.74, 6) is 2.16. The molecule has 1 N–H and O–H groups in total. The summed E-state index contributed by atoms with van der Waals surface area (Å²) in [6, 6.07) is 5.86. The van der Waals surface area contributed by atoms with E-state index < -0.39 is 5.60 Å². The summed E-state index contributed by atoms with van der Waals surface area (Å²) in [5.41, 5.74) is 0.518. The first-order valence-electron chi connectivity index (χ1n) is 9.48. The molecule has 2 fully saturated rings. The second-order valence-corrected chi connectivity index (χ2v) is 8.21. The summed E-state index contributed by atoms with van der Waals surface area (Å²) < 4.78 is 17.3. The predicted octanol–water partition coefficient (Wildman–Crippen LogP) is 2.95. The van der Waals surface area contributed by atoms with Gasteiger partial charge in [0.2, 0.25) is 0 Å². The molecule has 4 rings (SSSR count). The number of benzene rings is 1. The average Bonchev–Trinajstić information content (AvgIpc) is 3.36. The summed E-state index contributed by atoms with van der Waals surface area (Å²) in [6.07, 6.45) is 3.52. The molecular weight excluding hydrogens is 332 g/mol. The highest BCUT2D eigenvalue weighted by Crippen LogP contribution is 2.39. The van der Waals surface area contributed by atoms with E-state index in [4.69, 9.17) is 14.2 Å². The van der Waals surface area contributed by atoms with Crippen LogP contribution in [-0.4, -0.2) is 48.9 Å². The van der Waals surface area contributed by atoms with Crippen LogP contribution in [-0.2, 0) is 11.3 Å². The van der Waals surface area contributed by atoms with E-state index in [1.807, 2.05) is 36.9 Å². The van der Waals surface area contributed by atoms with Crippen molar-refractivity contribution in [3.05, 3.63) is 23.8 Å². The number of nitrogens with one attached hydrogen (secondary N) is 1. The minimum absolute atomic E-state index is 0.0357. The lowest BCUT2D eigenvalue weighted by atomic mass is 10.1. The maximum atomic E-state index is 13.0. The van der Waals surface area contributed by atoms with Crippen molar-refractivity contribution in [3.63, 3.8) is 0 Å². The number of carbonyl (C=O) groups excluding carboxylic acids is 1.